The maximum absolute atomic E-state index is 12.1. The number of nitrogens with one attached hydrogen (secondary N) is 1. The Morgan fingerprint density at radius 3 is 2.65 bits per heavy atom. The number of ether oxygens (including phenoxy) is 1. The van der Waals surface area contributed by atoms with Crippen LogP contribution in [-0.4, -0.2) is 54.7 Å². The molecule has 2 aliphatic rings. The normalized spacial score (nSPS) is 30.9. The van der Waals surface area contributed by atoms with Gasteiger partial charge in [0.15, 0.2) is 0 Å². The van der Waals surface area contributed by atoms with Crippen LogP contribution in [0.15, 0.2) is 0 Å². The van der Waals surface area contributed by atoms with E-state index >= 15 is 0 Å². The van der Waals surface area contributed by atoms with Crippen molar-refractivity contribution in [2.45, 2.75) is 57.7 Å². The maximum atomic E-state index is 12.1. The van der Waals surface area contributed by atoms with E-state index < -0.39 is 5.54 Å². The number of carbonyl (C=O) groups excluding carboxylic acids is 1. The minimum absolute atomic E-state index is 0.198. The lowest BCUT2D eigenvalue weighted by Gasteiger charge is -2.44. The first-order chi connectivity index (χ1) is 9.53. The summed E-state index contributed by atoms with van der Waals surface area (Å²) in [5.41, 5.74) is 5.22. The number of likely N-dealkylation sites (N-methyl/N-ethyl adjacent to an activating group) is 1. The lowest BCUT2D eigenvalue weighted by molar-refractivity contribution is -0.129. The molecule has 3 atom stereocenters. The van der Waals surface area contributed by atoms with Gasteiger partial charge < -0.3 is 15.8 Å². The number of morpholine rings is 1. The van der Waals surface area contributed by atoms with Gasteiger partial charge in [0.1, 0.15) is 5.54 Å². The van der Waals surface area contributed by atoms with E-state index in [1.807, 2.05) is 6.92 Å². The topological polar surface area (TPSA) is 67.6 Å². The Bertz CT molecular complexity index is 346. The first-order valence-electron chi connectivity index (χ1n) is 7.94. The van der Waals surface area contributed by atoms with Crippen LogP contribution < -0.4 is 11.1 Å². The lowest BCUT2D eigenvalue weighted by atomic mass is 9.90. The Morgan fingerprint density at radius 2 is 2.15 bits per heavy atom. The minimum atomic E-state index is -0.556. The molecule has 5 heteroatoms. The summed E-state index contributed by atoms with van der Waals surface area (Å²) in [5, 5.41) is 3.41. The Morgan fingerprint density at radius 1 is 1.45 bits per heavy atom. The zero-order valence-corrected chi connectivity index (χ0v) is 13.0. The number of hydrogen-bond donors (Lipinski definition) is 2. The van der Waals surface area contributed by atoms with Gasteiger partial charge in [-0.05, 0) is 38.6 Å². The SMILES string of the molecule is CCNC(CN1CC(C)OCC1CC)(C(N)=O)C1CC1. The third-order valence-corrected chi connectivity index (χ3v) is 4.71. The van der Waals surface area contributed by atoms with Crippen molar-refractivity contribution >= 4 is 5.91 Å². The quantitative estimate of drug-likeness (QED) is 0.723. The number of primary amides is 1. The molecule has 3 N–H and O–H groups in total. The lowest BCUT2D eigenvalue weighted by Crippen LogP contribution is -2.66. The predicted octanol–water partition coefficient (Wildman–Crippen LogP) is 0.729. The molecular weight excluding hydrogens is 254 g/mol. The van der Waals surface area contributed by atoms with Crippen molar-refractivity contribution in [3.8, 4) is 0 Å². The van der Waals surface area contributed by atoms with Gasteiger partial charge in [-0.3, -0.25) is 9.69 Å². The second-order valence-electron chi connectivity index (χ2n) is 6.28. The minimum Gasteiger partial charge on any atom is -0.376 e. The standard InChI is InChI=1S/C15H29N3O2/c1-4-13-9-20-11(3)8-18(13)10-15(14(16)19,17-5-2)12-6-7-12/h11-13,17H,4-10H2,1-3H3,(H2,16,19). The monoisotopic (exact) mass is 283 g/mol. The summed E-state index contributed by atoms with van der Waals surface area (Å²) in [6, 6.07) is 0.391. The molecule has 1 amide bonds. The Balaban J connectivity index is 2.14. The van der Waals surface area contributed by atoms with Gasteiger partial charge in [-0.25, -0.2) is 0 Å². The van der Waals surface area contributed by atoms with Crippen LogP contribution in [0, 0.1) is 5.92 Å². The molecule has 0 aromatic carbocycles. The third-order valence-electron chi connectivity index (χ3n) is 4.71. The highest BCUT2D eigenvalue weighted by atomic mass is 16.5. The van der Waals surface area contributed by atoms with Gasteiger partial charge in [0, 0.05) is 19.1 Å². The second-order valence-corrected chi connectivity index (χ2v) is 6.28. The Hall–Kier alpha value is -0.650. The van der Waals surface area contributed by atoms with Crippen LogP contribution in [0.2, 0.25) is 0 Å². The van der Waals surface area contributed by atoms with Crippen molar-refractivity contribution in [1.82, 2.24) is 10.2 Å². The summed E-state index contributed by atoms with van der Waals surface area (Å²) in [5.74, 6) is 0.200. The van der Waals surface area contributed by atoms with Crippen LogP contribution in [-0.2, 0) is 9.53 Å². The highest BCUT2D eigenvalue weighted by molar-refractivity contribution is 5.86. The number of nitrogens with two attached hydrogens (primary N) is 1. The number of rotatable bonds is 7. The van der Waals surface area contributed by atoms with Crippen LogP contribution in [0.1, 0.15) is 40.0 Å². The zero-order valence-electron chi connectivity index (χ0n) is 13.0. The first kappa shape index (κ1) is 15.7. The molecule has 0 spiro atoms. The van der Waals surface area contributed by atoms with E-state index in [9.17, 15) is 4.79 Å². The van der Waals surface area contributed by atoms with Crippen molar-refractivity contribution in [2.24, 2.45) is 11.7 Å². The van der Waals surface area contributed by atoms with E-state index in [-0.39, 0.29) is 12.0 Å². The fourth-order valence-electron chi connectivity index (χ4n) is 3.39. The number of hydrogen-bond acceptors (Lipinski definition) is 4. The van der Waals surface area contributed by atoms with Crippen molar-refractivity contribution in [3.63, 3.8) is 0 Å². The highest BCUT2D eigenvalue weighted by Gasteiger charge is 2.51. The second kappa shape index (κ2) is 6.41. The molecule has 0 radical (unpaired) electrons. The fraction of sp³-hybridized carbons (Fsp3) is 0.933. The van der Waals surface area contributed by atoms with E-state index in [2.05, 4.69) is 24.1 Å². The largest absolute Gasteiger partial charge is 0.376 e. The van der Waals surface area contributed by atoms with Gasteiger partial charge in [0.05, 0.1) is 12.7 Å². The summed E-state index contributed by atoms with van der Waals surface area (Å²) in [6.45, 7) is 9.43. The van der Waals surface area contributed by atoms with Gasteiger partial charge in [0.25, 0.3) is 0 Å². The average molecular weight is 283 g/mol. The van der Waals surface area contributed by atoms with Crippen molar-refractivity contribution in [3.05, 3.63) is 0 Å². The molecular formula is C15H29N3O2. The fourth-order valence-corrected chi connectivity index (χ4v) is 3.39. The summed E-state index contributed by atoms with van der Waals surface area (Å²) >= 11 is 0. The van der Waals surface area contributed by atoms with E-state index in [1.54, 1.807) is 0 Å². The van der Waals surface area contributed by atoms with Crippen molar-refractivity contribution in [1.29, 1.82) is 0 Å². The highest BCUT2D eigenvalue weighted by Crippen LogP contribution is 2.40. The Kier molecular flexibility index (Phi) is 5.04. The molecule has 0 aromatic heterocycles. The van der Waals surface area contributed by atoms with Crippen LogP contribution >= 0.6 is 0 Å². The molecule has 1 saturated heterocycles. The maximum Gasteiger partial charge on any atom is 0.239 e. The van der Waals surface area contributed by atoms with Gasteiger partial charge in [-0.2, -0.15) is 0 Å². The first-order valence-corrected chi connectivity index (χ1v) is 7.94. The predicted molar refractivity (Wildman–Crippen MR) is 79.4 cm³/mol. The molecule has 3 unspecified atom stereocenters. The molecule has 5 nitrogen and oxygen atoms in total. The third kappa shape index (κ3) is 3.15. The zero-order chi connectivity index (χ0) is 14.8. The molecule has 116 valence electrons. The van der Waals surface area contributed by atoms with Gasteiger partial charge in [-0.15, -0.1) is 0 Å². The summed E-state index contributed by atoms with van der Waals surface area (Å²) in [6.07, 6.45) is 3.47. The van der Waals surface area contributed by atoms with Gasteiger partial charge in [0.2, 0.25) is 5.91 Å². The van der Waals surface area contributed by atoms with Crippen LogP contribution in [0.4, 0.5) is 0 Å². The van der Waals surface area contributed by atoms with E-state index in [0.29, 0.717) is 18.5 Å². The van der Waals surface area contributed by atoms with Crippen LogP contribution in [0.25, 0.3) is 0 Å². The molecule has 2 fully saturated rings. The van der Waals surface area contributed by atoms with Gasteiger partial charge >= 0.3 is 0 Å². The molecule has 1 aliphatic heterocycles. The average Bonchev–Trinajstić information content (AvgIpc) is 3.22. The molecule has 2 rings (SSSR count). The number of amides is 1. The smallest absolute Gasteiger partial charge is 0.239 e. The summed E-state index contributed by atoms with van der Waals surface area (Å²) < 4.78 is 5.74. The van der Waals surface area contributed by atoms with Crippen molar-refractivity contribution < 1.29 is 9.53 Å². The summed E-state index contributed by atoms with van der Waals surface area (Å²) in [7, 11) is 0. The number of nitrogens with zero attached hydrogens (tertiary/aromatic N) is 1. The van der Waals surface area contributed by atoms with E-state index in [0.717, 1.165) is 39.0 Å². The molecule has 1 saturated carbocycles. The van der Waals surface area contributed by atoms with Crippen LogP contribution in [0.3, 0.4) is 0 Å². The van der Waals surface area contributed by atoms with E-state index in [4.69, 9.17) is 10.5 Å². The van der Waals surface area contributed by atoms with Crippen molar-refractivity contribution in [2.75, 3.05) is 26.2 Å². The van der Waals surface area contributed by atoms with Crippen LogP contribution in [0.5, 0.6) is 0 Å². The molecule has 0 bridgehead atoms. The number of carbonyl (C=O) groups is 1. The van der Waals surface area contributed by atoms with E-state index in [1.165, 1.54) is 0 Å². The summed E-state index contributed by atoms with van der Waals surface area (Å²) in [4.78, 5) is 14.5. The molecule has 0 aromatic rings. The molecule has 20 heavy (non-hydrogen) atoms. The van der Waals surface area contributed by atoms with Gasteiger partial charge in [-0.1, -0.05) is 13.8 Å². The Labute approximate surface area is 122 Å². The molecule has 1 aliphatic carbocycles. The molecule has 1 heterocycles.